The highest BCUT2D eigenvalue weighted by atomic mass is 16.5. The van der Waals surface area contributed by atoms with Gasteiger partial charge >= 0.3 is 5.97 Å². The number of rotatable bonds is 5. The van der Waals surface area contributed by atoms with Crippen LogP contribution in [-0.4, -0.2) is 29.8 Å². The van der Waals surface area contributed by atoms with Crippen molar-refractivity contribution >= 4 is 5.97 Å². The van der Waals surface area contributed by atoms with Crippen LogP contribution < -0.4 is 5.32 Å². The van der Waals surface area contributed by atoms with Crippen LogP contribution in [0.3, 0.4) is 0 Å². The Morgan fingerprint density at radius 3 is 2.70 bits per heavy atom. The first-order valence-corrected chi connectivity index (χ1v) is 7.15. The second-order valence-corrected chi connectivity index (χ2v) is 5.87. The molecule has 0 amide bonds. The molecule has 1 aromatic carbocycles. The maximum Gasteiger partial charge on any atom is 0.310 e. The Hall–Kier alpha value is -1.39. The zero-order chi connectivity index (χ0) is 14.6. The Morgan fingerprint density at radius 1 is 1.45 bits per heavy atom. The van der Waals surface area contributed by atoms with E-state index < -0.39 is 11.9 Å². The van der Waals surface area contributed by atoms with E-state index in [-0.39, 0.29) is 5.54 Å². The summed E-state index contributed by atoms with van der Waals surface area (Å²) in [7, 11) is 0. The maximum absolute atomic E-state index is 10.9. The Labute approximate surface area is 120 Å². The van der Waals surface area contributed by atoms with Crippen molar-refractivity contribution in [3.63, 3.8) is 0 Å². The molecule has 1 aliphatic heterocycles. The van der Waals surface area contributed by atoms with Crippen molar-refractivity contribution in [3.05, 3.63) is 35.4 Å². The summed E-state index contributed by atoms with van der Waals surface area (Å²) >= 11 is 0. The molecule has 2 atom stereocenters. The summed E-state index contributed by atoms with van der Waals surface area (Å²) in [6.07, 6.45) is 2.22. The van der Waals surface area contributed by atoms with Crippen LogP contribution in [-0.2, 0) is 16.1 Å². The van der Waals surface area contributed by atoms with E-state index in [1.54, 1.807) is 6.92 Å². The minimum Gasteiger partial charge on any atom is -0.481 e. The smallest absolute Gasteiger partial charge is 0.310 e. The van der Waals surface area contributed by atoms with Gasteiger partial charge < -0.3 is 15.2 Å². The Morgan fingerprint density at radius 2 is 2.15 bits per heavy atom. The van der Waals surface area contributed by atoms with E-state index in [0.29, 0.717) is 0 Å². The first kappa shape index (κ1) is 15.0. The number of carboxylic acids is 1. The lowest BCUT2D eigenvalue weighted by Gasteiger charge is -2.34. The van der Waals surface area contributed by atoms with Crippen LogP contribution in [0.1, 0.15) is 43.7 Å². The standard InChI is InChI=1S/C16H23NO3/c1-12(15(18)19)14-6-4-13(5-7-14)10-17-16(2)8-3-9-20-11-16/h4-7,12,17H,3,8-11H2,1-2H3,(H,18,19). The number of hydrogen-bond acceptors (Lipinski definition) is 3. The van der Waals surface area contributed by atoms with Crippen molar-refractivity contribution in [2.75, 3.05) is 13.2 Å². The number of benzene rings is 1. The van der Waals surface area contributed by atoms with Gasteiger partial charge in [0.05, 0.1) is 12.5 Å². The van der Waals surface area contributed by atoms with E-state index in [1.807, 2.05) is 24.3 Å². The van der Waals surface area contributed by atoms with Gasteiger partial charge in [-0.25, -0.2) is 0 Å². The zero-order valence-corrected chi connectivity index (χ0v) is 12.2. The normalized spacial score (nSPS) is 24.3. The Bertz CT molecular complexity index is 449. The van der Waals surface area contributed by atoms with Gasteiger partial charge in [-0.3, -0.25) is 4.79 Å². The van der Waals surface area contributed by atoms with Crippen LogP contribution in [0.2, 0.25) is 0 Å². The average Bonchev–Trinajstić information content (AvgIpc) is 2.46. The number of ether oxygens (including phenoxy) is 1. The molecule has 1 aliphatic rings. The van der Waals surface area contributed by atoms with Crippen LogP contribution >= 0.6 is 0 Å². The highest BCUT2D eigenvalue weighted by molar-refractivity contribution is 5.75. The molecule has 4 heteroatoms. The molecular weight excluding hydrogens is 254 g/mol. The lowest BCUT2D eigenvalue weighted by Crippen LogP contribution is -2.48. The minimum atomic E-state index is -0.789. The summed E-state index contributed by atoms with van der Waals surface area (Å²) < 4.78 is 5.52. The Balaban J connectivity index is 1.92. The largest absolute Gasteiger partial charge is 0.481 e. The van der Waals surface area contributed by atoms with Crippen molar-refractivity contribution < 1.29 is 14.6 Å². The van der Waals surface area contributed by atoms with Gasteiger partial charge in [-0.2, -0.15) is 0 Å². The van der Waals surface area contributed by atoms with Crippen LogP contribution in [0.4, 0.5) is 0 Å². The van der Waals surface area contributed by atoms with Gasteiger partial charge in [-0.15, -0.1) is 0 Å². The summed E-state index contributed by atoms with van der Waals surface area (Å²) in [5.74, 6) is -1.25. The van der Waals surface area contributed by atoms with Gasteiger partial charge in [-0.05, 0) is 37.8 Å². The van der Waals surface area contributed by atoms with Gasteiger partial charge in [0.1, 0.15) is 0 Å². The number of carbonyl (C=O) groups is 1. The first-order chi connectivity index (χ1) is 9.50. The third-order valence-electron chi connectivity index (χ3n) is 4.01. The fourth-order valence-electron chi connectivity index (χ4n) is 2.46. The molecule has 2 unspecified atom stereocenters. The molecule has 0 spiro atoms. The fraction of sp³-hybridized carbons (Fsp3) is 0.562. The molecule has 0 bridgehead atoms. The number of aliphatic carboxylic acids is 1. The molecule has 1 aromatic rings. The van der Waals surface area contributed by atoms with Crippen LogP contribution in [0.15, 0.2) is 24.3 Å². The molecule has 2 N–H and O–H groups in total. The van der Waals surface area contributed by atoms with Crippen LogP contribution in [0, 0.1) is 0 Å². The van der Waals surface area contributed by atoms with E-state index in [9.17, 15) is 4.79 Å². The topological polar surface area (TPSA) is 58.6 Å². The van der Waals surface area contributed by atoms with Crippen molar-refractivity contribution in [3.8, 4) is 0 Å². The first-order valence-electron chi connectivity index (χ1n) is 7.15. The summed E-state index contributed by atoms with van der Waals surface area (Å²) in [5, 5.41) is 12.5. The molecule has 1 fully saturated rings. The van der Waals surface area contributed by atoms with Gasteiger partial charge in [0.25, 0.3) is 0 Å². The zero-order valence-electron chi connectivity index (χ0n) is 12.2. The molecule has 2 rings (SSSR count). The summed E-state index contributed by atoms with van der Waals surface area (Å²) in [5.41, 5.74) is 2.05. The molecule has 0 aromatic heterocycles. The summed E-state index contributed by atoms with van der Waals surface area (Å²) in [6.45, 7) is 6.28. The van der Waals surface area contributed by atoms with E-state index >= 15 is 0 Å². The average molecular weight is 277 g/mol. The maximum atomic E-state index is 10.9. The molecule has 0 aliphatic carbocycles. The monoisotopic (exact) mass is 277 g/mol. The van der Waals surface area contributed by atoms with Crippen LogP contribution in [0.5, 0.6) is 0 Å². The molecule has 1 saturated heterocycles. The fourth-order valence-corrected chi connectivity index (χ4v) is 2.46. The summed E-state index contributed by atoms with van der Waals surface area (Å²) in [6, 6.07) is 7.79. The molecule has 0 saturated carbocycles. The van der Waals surface area contributed by atoms with Crippen LogP contribution in [0.25, 0.3) is 0 Å². The predicted octanol–water partition coefficient (Wildman–Crippen LogP) is 2.53. The van der Waals surface area contributed by atoms with E-state index in [0.717, 1.165) is 43.7 Å². The summed E-state index contributed by atoms with van der Waals surface area (Å²) in [4.78, 5) is 10.9. The van der Waals surface area contributed by atoms with Gasteiger partial charge in [-0.1, -0.05) is 24.3 Å². The van der Waals surface area contributed by atoms with E-state index in [2.05, 4.69) is 12.2 Å². The second kappa shape index (κ2) is 6.37. The molecule has 0 radical (unpaired) electrons. The van der Waals surface area contributed by atoms with Crippen molar-refractivity contribution in [1.82, 2.24) is 5.32 Å². The van der Waals surface area contributed by atoms with Gasteiger partial charge in [0, 0.05) is 18.7 Å². The van der Waals surface area contributed by atoms with E-state index in [4.69, 9.17) is 9.84 Å². The van der Waals surface area contributed by atoms with Crippen molar-refractivity contribution in [2.45, 2.75) is 44.7 Å². The predicted molar refractivity (Wildman–Crippen MR) is 77.8 cm³/mol. The number of carboxylic acid groups (broad SMARTS) is 1. The molecule has 20 heavy (non-hydrogen) atoms. The van der Waals surface area contributed by atoms with Crippen molar-refractivity contribution in [1.29, 1.82) is 0 Å². The highest BCUT2D eigenvalue weighted by Crippen LogP contribution is 2.20. The molecule has 1 heterocycles. The quantitative estimate of drug-likeness (QED) is 0.868. The van der Waals surface area contributed by atoms with Gasteiger partial charge in [0.15, 0.2) is 0 Å². The molecule has 110 valence electrons. The lowest BCUT2D eigenvalue weighted by molar-refractivity contribution is -0.138. The van der Waals surface area contributed by atoms with Crippen molar-refractivity contribution in [2.24, 2.45) is 0 Å². The Kier molecular flexibility index (Phi) is 4.78. The minimum absolute atomic E-state index is 0.0469. The lowest BCUT2D eigenvalue weighted by atomic mass is 9.94. The molecular formula is C16H23NO3. The van der Waals surface area contributed by atoms with E-state index in [1.165, 1.54) is 0 Å². The third-order valence-corrected chi connectivity index (χ3v) is 4.01. The third kappa shape index (κ3) is 3.81. The number of nitrogens with one attached hydrogen (secondary N) is 1. The van der Waals surface area contributed by atoms with Gasteiger partial charge in [0.2, 0.25) is 0 Å². The highest BCUT2D eigenvalue weighted by Gasteiger charge is 2.26. The number of hydrogen-bond donors (Lipinski definition) is 2. The molecule has 4 nitrogen and oxygen atoms in total. The SMILES string of the molecule is CC(C(=O)O)c1ccc(CNC2(C)CCCOC2)cc1. The second-order valence-electron chi connectivity index (χ2n) is 5.87.